The van der Waals surface area contributed by atoms with E-state index in [2.05, 4.69) is 10.3 Å². The number of amides is 1. The maximum atomic E-state index is 11.0. The summed E-state index contributed by atoms with van der Waals surface area (Å²) in [5.41, 5.74) is 5.36. The van der Waals surface area contributed by atoms with Crippen LogP contribution < -0.4 is 11.1 Å². The van der Waals surface area contributed by atoms with Crippen molar-refractivity contribution in [3.8, 4) is 0 Å². The van der Waals surface area contributed by atoms with Crippen LogP contribution in [-0.4, -0.2) is 24.5 Å². The number of nitrogens with one attached hydrogen (secondary N) is 1. The van der Waals surface area contributed by atoms with Crippen molar-refractivity contribution >= 4 is 17.2 Å². The molecule has 0 saturated carbocycles. The summed E-state index contributed by atoms with van der Waals surface area (Å²) < 4.78 is 0. The van der Waals surface area contributed by atoms with Crippen LogP contribution >= 0.6 is 11.3 Å². The zero-order valence-electron chi connectivity index (χ0n) is 6.83. The van der Waals surface area contributed by atoms with Crippen LogP contribution in [0, 0.1) is 0 Å². The van der Waals surface area contributed by atoms with E-state index in [0.29, 0.717) is 11.6 Å². The van der Waals surface area contributed by atoms with Crippen molar-refractivity contribution in [2.24, 2.45) is 5.73 Å². The molecule has 0 aliphatic rings. The predicted octanol–water partition coefficient (Wildman–Crippen LogP) is 0.00390. The Hall–Kier alpha value is -0.940. The molecule has 0 bridgehead atoms. The van der Waals surface area contributed by atoms with E-state index in [1.807, 2.05) is 0 Å². The van der Waals surface area contributed by atoms with Crippen molar-refractivity contribution in [3.63, 3.8) is 0 Å². The highest BCUT2D eigenvalue weighted by Gasteiger charge is 2.07. The van der Waals surface area contributed by atoms with Crippen LogP contribution in [0.2, 0.25) is 0 Å². The smallest absolute Gasteiger partial charge is 0.280 e. The summed E-state index contributed by atoms with van der Waals surface area (Å²) in [5.74, 6) is -0.136. The van der Waals surface area contributed by atoms with Crippen LogP contribution in [0.15, 0.2) is 6.20 Å². The van der Waals surface area contributed by atoms with Gasteiger partial charge < -0.3 is 11.1 Å². The number of carbonyl (C=O) groups is 1. The zero-order valence-corrected chi connectivity index (χ0v) is 7.65. The number of hydrogen-bond acceptors (Lipinski definition) is 4. The maximum absolute atomic E-state index is 11.0. The first-order valence-corrected chi connectivity index (χ1v) is 4.46. The molecule has 1 aromatic rings. The number of aromatic nitrogens is 1. The molecule has 0 aliphatic carbocycles. The van der Waals surface area contributed by atoms with Crippen LogP contribution in [0.4, 0.5) is 0 Å². The number of carbonyl (C=O) groups excluding carboxylic acids is 1. The van der Waals surface area contributed by atoms with Gasteiger partial charge in [-0.1, -0.05) is 0 Å². The lowest BCUT2D eigenvalue weighted by molar-refractivity contribution is 0.0962. The average Bonchev–Trinajstić information content (AvgIpc) is 2.52. The molecule has 0 saturated heterocycles. The lowest BCUT2D eigenvalue weighted by atomic mass is 10.4. The Morgan fingerprint density at radius 2 is 2.58 bits per heavy atom. The fourth-order valence-electron chi connectivity index (χ4n) is 0.777. The van der Waals surface area contributed by atoms with E-state index in [0.717, 1.165) is 11.3 Å². The summed E-state index contributed by atoms with van der Waals surface area (Å²) >= 11 is 1.39. The van der Waals surface area contributed by atoms with E-state index in [1.165, 1.54) is 11.3 Å². The van der Waals surface area contributed by atoms with E-state index in [-0.39, 0.29) is 5.91 Å². The molecule has 0 fully saturated rings. The molecule has 66 valence electrons. The van der Waals surface area contributed by atoms with Crippen molar-refractivity contribution in [1.29, 1.82) is 0 Å². The highest BCUT2D eigenvalue weighted by molar-refractivity contribution is 7.13. The molecule has 1 rings (SSSR count). The van der Waals surface area contributed by atoms with Crippen LogP contribution in [-0.2, 0) is 6.42 Å². The molecule has 0 spiro atoms. The number of nitrogens with zero attached hydrogens (tertiary/aromatic N) is 1. The van der Waals surface area contributed by atoms with Crippen molar-refractivity contribution in [1.82, 2.24) is 10.3 Å². The second-order valence-electron chi connectivity index (χ2n) is 2.25. The van der Waals surface area contributed by atoms with Crippen molar-refractivity contribution in [3.05, 3.63) is 16.1 Å². The molecule has 0 atom stereocenters. The van der Waals surface area contributed by atoms with Gasteiger partial charge in [0, 0.05) is 18.1 Å². The lowest BCUT2D eigenvalue weighted by Crippen LogP contribution is -2.17. The minimum absolute atomic E-state index is 0.136. The fraction of sp³-hybridized carbons (Fsp3) is 0.429. The Kier molecular flexibility index (Phi) is 3.19. The van der Waals surface area contributed by atoms with E-state index in [4.69, 9.17) is 5.73 Å². The van der Waals surface area contributed by atoms with Gasteiger partial charge in [-0.2, -0.15) is 0 Å². The van der Waals surface area contributed by atoms with Crippen molar-refractivity contribution in [2.75, 3.05) is 13.6 Å². The Morgan fingerprint density at radius 3 is 3.17 bits per heavy atom. The molecule has 0 radical (unpaired) electrons. The Morgan fingerprint density at radius 1 is 1.83 bits per heavy atom. The largest absolute Gasteiger partial charge is 0.353 e. The number of thiazole rings is 1. The fourth-order valence-corrected chi connectivity index (χ4v) is 1.65. The highest BCUT2D eigenvalue weighted by Crippen LogP contribution is 2.12. The zero-order chi connectivity index (χ0) is 8.97. The molecule has 5 heteroatoms. The van der Waals surface area contributed by atoms with E-state index >= 15 is 0 Å². The SMILES string of the molecule is CNC(=O)c1ncc(CCN)s1. The summed E-state index contributed by atoms with van der Waals surface area (Å²) in [6, 6.07) is 0. The highest BCUT2D eigenvalue weighted by atomic mass is 32.1. The van der Waals surface area contributed by atoms with Gasteiger partial charge in [0.05, 0.1) is 0 Å². The van der Waals surface area contributed by atoms with Gasteiger partial charge in [-0.15, -0.1) is 11.3 Å². The van der Waals surface area contributed by atoms with Gasteiger partial charge in [-0.05, 0) is 13.0 Å². The first-order valence-electron chi connectivity index (χ1n) is 3.64. The molecule has 0 unspecified atom stereocenters. The Balaban J connectivity index is 2.70. The van der Waals surface area contributed by atoms with Gasteiger partial charge in [-0.3, -0.25) is 4.79 Å². The third kappa shape index (κ3) is 2.02. The van der Waals surface area contributed by atoms with Gasteiger partial charge in [0.1, 0.15) is 0 Å². The normalized spacial score (nSPS) is 9.83. The standard InChI is InChI=1S/C7H11N3OS/c1-9-6(11)7-10-4-5(12-7)2-3-8/h4H,2-3,8H2,1H3,(H,9,11). The summed E-state index contributed by atoms with van der Waals surface area (Å²) in [6.45, 7) is 0.593. The lowest BCUT2D eigenvalue weighted by Gasteiger charge is -1.90. The minimum atomic E-state index is -0.136. The minimum Gasteiger partial charge on any atom is -0.353 e. The van der Waals surface area contributed by atoms with Gasteiger partial charge >= 0.3 is 0 Å². The molecule has 1 heterocycles. The average molecular weight is 185 g/mol. The summed E-state index contributed by atoms with van der Waals surface area (Å²) in [7, 11) is 1.59. The number of rotatable bonds is 3. The molecule has 4 nitrogen and oxygen atoms in total. The molecule has 0 aliphatic heterocycles. The number of nitrogens with two attached hydrogens (primary N) is 1. The van der Waals surface area contributed by atoms with Gasteiger partial charge in [0.25, 0.3) is 5.91 Å². The molecule has 3 N–H and O–H groups in total. The molecule has 1 aromatic heterocycles. The van der Waals surface area contributed by atoms with E-state index in [9.17, 15) is 4.79 Å². The quantitative estimate of drug-likeness (QED) is 0.696. The maximum Gasteiger partial charge on any atom is 0.280 e. The van der Waals surface area contributed by atoms with Crippen LogP contribution in [0.25, 0.3) is 0 Å². The summed E-state index contributed by atoms with van der Waals surface area (Å²) in [5, 5.41) is 3.02. The molecule has 0 aromatic carbocycles. The first kappa shape index (κ1) is 9.15. The summed E-state index contributed by atoms with van der Waals surface area (Å²) in [6.07, 6.45) is 2.48. The Labute approximate surface area is 74.8 Å². The second-order valence-corrected chi connectivity index (χ2v) is 3.36. The molecule has 1 amide bonds. The Bertz CT molecular complexity index is 271. The van der Waals surface area contributed by atoms with Gasteiger partial charge in [0.15, 0.2) is 5.01 Å². The second kappa shape index (κ2) is 4.18. The van der Waals surface area contributed by atoms with Crippen LogP contribution in [0.5, 0.6) is 0 Å². The predicted molar refractivity (Wildman–Crippen MR) is 48.3 cm³/mol. The van der Waals surface area contributed by atoms with Gasteiger partial charge in [0.2, 0.25) is 0 Å². The third-order valence-corrected chi connectivity index (χ3v) is 2.42. The van der Waals surface area contributed by atoms with E-state index in [1.54, 1.807) is 13.2 Å². The topological polar surface area (TPSA) is 68.0 Å². The van der Waals surface area contributed by atoms with Crippen LogP contribution in [0.3, 0.4) is 0 Å². The summed E-state index contributed by atoms with van der Waals surface area (Å²) in [4.78, 5) is 16.0. The van der Waals surface area contributed by atoms with Crippen molar-refractivity contribution in [2.45, 2.75) is 6.42 Å². The van der Waals surface area contributed by atoms with Gasteiger partial charge in [-0.25, -0.2) is 4.98 Å². The molecular formula is C7H11N3OS. The van der Waals surface area contributed by atoms with Crippen molar-refractivity contribution < 1.29 is 4.79 Å². The monoisotopic (exact) mass is 185 g/mol. The van der Waals surface area contributed by atoms with Crippen LogP contribution in [0.1, 0.15) is 14.7 Å². The number of hydrogen-bond donors (Lipinski definition) is 2. The third-order valence-electron chi connectivity index (χ3n) is 1.37. The molecular weight excluding hydrogens is 174 g/mol. The van der Waals surface area contributed by atoms with E-state index < -0.39 is 0 Å². The first-order chi connectivity index (χ1) is 5.77. The molecule has 12 heavy (non-hydrogen) atoms.